The third-order valence-electron chi connectivity index (χ3n) is 4.10. The fraction of sp³-hybridized carbons (Fsp3) is 0.467. The van der Waals surface area contributed by atoms with Crippen LogP contribution in [0.4, 0.5) is 5.69 Å². The second kappa shape index (κ2) is 5.93. The molecule has 3 rings (SSSR count). The number of para-hydroxylation sites is 1. The highest BCUT2D eigenvalue weighted by atomic mass is 16.3. The maximum atomic E-state index is 12.1. The zero-order chi connectivity index (χ0) is 14.8. The quantitative estimate of drug-likeness (QED) is 0.777. The number of amides is 1. The third-order valence-corrected chi connectivity index (χ3v) is 4.10. The van der Waals surface area contributed by atoms with Crippen molar-refractivity contribution in [2.45, 2.75) is 0 Å². The van der Waals surface area contributed by atoms with E-state index in [1.54, 1.807) is 17.0 Å². The molecule has 0 bridgehead atoms. The SMILES string of the molecule is O=C1C(=O)N(CN2CCN(CCO)CC2)c2ccccc21. The summed E-state index contributed by atoms with van der Waals surface area (Å²) in [6.45, 7) is 4.73. The monoisotopic (exact) mass is 289 g/mol. The molecule has 6 heteroatoms. The van der Waals surface area contributed by atoms with Crippen LogP contribution in [0.25, 0.3) is 0 Å². The van der Waals surface area contributed by atoms with Crippen LogP contribution in [-0.4, -0.2) is 72.6 Å². The van der Waals surface area contributed by atoms with Crippen LogP contribution in [0.3, 0.4) is 0 Å². The van der Waals surface area contributed by atoms with Gasteiger partial charge in [0.2, 0.25) is 0 Å². The van der Waals surface area contributed by atoms with E-state index in [0.717, 1.165) is 26.2 Å². The van der Waals surface area contributed by atoms with E-state index in [-0.39, 0.29) is 6.61 Å². The molecule has 112 valence electrons. The first-order valence-corrected chi connectivity index (χ1v) is 7.21. The Morgan fingerprint density at radius 3 is 2.38 bits per heavy atom. The fourth-order valence-corrected chi connectivity index (χ4v) is 2.88. The Bertz CT molecular complexity index is 553. The predicted molar refractivity (Wildman–Crippen MR) is 78.2 cm³/mol. The minimum absolute atomic E-state index is 0.173. The summed E-state index contributed by atoms with van der Waals surface area (Å²) in [6.07, 6.45) is 0. The lowest BCUT2D eigenvalue weighted by Gasteiger charge is -2.36. The van der Waals surface area contributed by atoms with Crippen molar-refractivity contribution in [2.75, 3.05) is 50.9 Å². The Hall–Kier alpha value is -1.76. The van der Waals surface area contributed by atoms with Gasteiger partial charge in [-0.05, 0) is 12.1 Å². The number of aliphatic hydroxyl groups is 1. The van der Waals surface area contributed by atoms with Gasteiger partial charge in [-0.1, -0.05) is 12.1 Å². The number of rotatable bonds is 4. The molecule has 1 saturated heterocycles. The zero-order valence-electron chi connectivity index (χ0n) is 11.9. The predicted octanol–water partition coefficient (Wildman–Crippen LogP) is -0.217. The molecule has 2 aliphatic heterocycles. The highest BCUT2D eigenvalue weighted by Crippen LogP contribution is 2.28. The van der Waals surface area contributed by atoms with Crippen molar-refractivity contribution >= 4 is 17.4 Å². The van der Waals surface area contributed by atoms with Gasteiger partial charge in [0, 0.05) is 32.7 Å². The Labute approximate surface area is 123 Å². The lowest BCUT2D eigenvalue weighted by molar-refractivity contribution is -0.114. The van der Waals surface area contributed by atoms with Crippen LogP contribution in [0.2, 0.25) is 0 Å². The molecule has 0 radical (unpaired) electrons. The Morgan fingerprint density at radius 1 is 1.00 bits per heavy atom. The van der Waals surface area contributed by atoms with E-state index in [1.807, 2.05) is 12.1 Å². The van der Waals surface area contributed by atoms with Crippen LogP contribution in [0.15, 0.2) is 24.3 Å². The number of hydrogen-bond donors (Lipinski definition) is 1. The number of anilines is 1. The second-order valence-electron chi connectivity index (χ2n) is 5.40. The van der Waals surface area contributed by atoms with Gasteiger partial charge in [-0.2, -0.15) is 0 Å². The van der Waals surface area contributed by atoms with Gasteiger partial charge in [-0.15, -0.1) is 0 Å². The molecule has 0 saturated carbocycles. The number of carbonyl (C=O) groups is 2. The van der Waals surface area contributed by atoms with Gasteiger partial charge in [-0.3, -0.25) is 24.3 Å². The zero-order valence-corrected chi connectivity index (χ0v) is 11.9. The number of nitrogens with zero attached hydrogens (tertiary/aromatic N) is 3. The molecule has 1 N–H and O–H groups in total. The number of ketones is 1. The lowest BCUT2D eigenvalue weighted by Crippen LogP contribution is -2.51. The van der Waals surface area contributed by atoms with Gasteiger partial charge in [-0.25, -0.2) is 0 Å². The number of benzene rings is 1. The molecule has 0 aliphatic carbocycles. The van der Waals surface area contributed by atoms with Crippen molar-refractivity contribution in [3.8, 4) is 0 Å². The third kappa shape index (κ3) is 2.70. The lowest BCUT2D eigenvalue weighted by atomic mass is 10.1. The highest BCUT2D eigenvalue weighted by Gasteiger charge is 2.36. The second-order valence-corrected chi connectivity index (χ2v) is 5.40. The summed E-state index contributed by atoms with van der Waals surface area (Å²) in [5.41, 5.74) is 1.21. The molecule has 2 aliphatic rings. The number of fused-ring (bicyclic) bond motifs is 1. The summed E-state index contributed by atoms with van der Waals surface area (Å²) < 4.78 is 0. The Kier molecular flexibility index (Phi) is 4.01. The van der Waals surface area contributed by atoms with Crippen LogP contribution in [0, 0.1) is 0 Å². The number of piperazine rings is 1. The number of β-amino-alcohol motifs (C(OH)–C–C–N with tert-alkyl or cyclic N) is 1. The molecule has 1 amide bonds. The Balaban J connectivity index is 1.66. The van der Waals surface area contributed by atoms with Gasteiger partial charge in [0.1, 0.15) is 0 Å². The van der Waals surface area contributed by atoms with Crippen molar-refractivity contribution in [1.82, 2.24) is 9.80 Å². The standard InChI is InChI=1S/C15H19N3O3/c19-10-9-16-5-7-17(8-6-16)11-18-13-4-2-1-3-12(13)14(20)15(18)21/h1-4,19H,5-11H2. The molecule has 6 nitrogen and oxygen atoms in total. The van der Waals surface area contributed by atoms with E-state index < -0.39 is 11.7 Å². The minimum atomic E-state index is -0.436. The van der Waals surface area contributed by atoms with Crippen LogP contribution in [0.5, 0.6) is 0 Å². The first-order valence-electron chi connectivity index (χ1n) is 7.21. The van der Waals surface area contributed by atoms with E-state index in [9.17, 15) is 9.59 Å². The van der Waals surface area contributed by atoms with Crippen molar-refractivity contribution in [3.05, 3.63) is 29.8 Å². The Morgan fingerprint density at radius 2 is 1.67 bits per heavy atom. The molecule has 1 aromatic carbocycles. The summed E-state index contributed by atoms with van der Waals surface area (Å²) in [6, 6.07) is 7.15. The first kappa shape index (κ1) is 14.2. The van der Waals surface area contributed by atoms with Gasteiger partial charge in [0.25, 0.3) is 5.78 Å². The number of hydrogen-bond acceptors (Lipinski definition) is 5. The van der Waals surface area contributed by atoms with Crippen LogP contribution >= 0.6 is 0 Å². The van der Waals surface area contributed by atoms with Gasteiger partial charge in [0.05, 0.1) is 24.5 Å². The highest BCUT2D eigenvalue weighted by molar-refractivity contribution is 6.52. The molecule has 0 spiro atoms. The fourth-order valence-electron chi connectivity index (χ4n) is 2.88. The van der Waals surface area contributed by atoms with Crippen LogP contribution in [-0.2, 0) is 4.79 Å². The van der Waals surface area contributed by atoms with Crippen molar-refractivity contribution in [2.24, 2.45) is 0 Å². The number of aliphatic hydroxyl groups excluding tert-OH is 1. The summed E-state index contributed by atoms with van der Waals surface area (Å²) in [5.74, 6) is -0.849. The molecule has 1 fully saturated rings. The molecule has 1 aromatic rings. The topological polar surface area (TPSA) is 64.1 Å². The van der Waals surface area contributed by atoms with Crippen molar-refractivity contribution in [1.29, 1.82) is 0 Å². The average molecular weight is 289 g/mol. The van der Waals surface area contributed by atoms with Crippen molar-refractivity contribution < 1.29 is 14.7 Å². The van der Waals surface area contributed by atoms with E-state index in [4.69, 9.17) is 5.11 Å². The van der Waals surface area contributed by atoms with Crippen LogP contribution in [0.1, 0.15) is 10.4 Å². The molecule has 2 heterocycles. The summed E-state index contributed by atoms with van der Waals surface area (Å²) in [5, 5.41) is 8.94. The van der Waals surface area contributed by atoms with Crippen molar-refractivity contribution in [3.63, 3.8) is 0 Å². The molecule has 21 heavy (non-hydrogen) atoms. The molecule has 0 unspecified atom stereocenters. The van der Waals surface area contributed by atoms with E-state index >= 15 is 0 Å². The largest absolute Gasteiger partial charge is 0.395 e. The number of Topliss-reactive ketones (excluding diaryl/α,β-unsaturated/α-hetero) is 1. The average Bonchev–Trinajstić information content (AvgIpc) is 2.75. The van der Waals surface area contributed by atoms with Gasteiger partial charge in [0.15, 0.2) is 0 Å². The summed E-state index contributed by atoms with van der Waals surface area (Å²) >= 11 is 0. The molecular formula is C15H19N3O3. The molecule has 0 aromatic heterocycles. The normalized spacial score (nSPS) is 20.1. The maximum Gasteiger partial charge on any atom is 0.300 e. The first-order chi connectivity index (χ1) is 10.2. The summed E-state index contributed by atoms with van der Waals surface area (Å²) in [7, 11) is 0. The molecule has 0 atom stereocenters. The smallest absolute Gasteiger partial charge is 0.300 e. The van der Waals surface area contributed by atoms with Gasteiger partial charge >= 0.3 is 5.91 Å². The van der Waals surface area contributed by atoms with E-state index in [0.29, 0.717) is 24.5 Å². The van der Waals surface area contributed by atoms with Gasteiger partial charge < -0.3 is 5.11 Å². The van der Waals surface area contributed by atoms with E-state index in [1.165, 1.54) is 0 Å². The maximum absolute atomic E-state index is 12.1. The minimum Gasteiger partial charge on any atom is -0.395 e. The van der Waals surface area contributed by atoms with E-state index in [2.05, 4.69) is 9.80 Å². The molecular weight excluding hydrogens is 270 g/mol. The summed E-state index contributed by atoms with van der Waals surface area (Å²) in [4.78, 5) is 30.0. The number of carbonyl (C=O) groups excluding carboxylic acids is 2. The van der Waals surface area contributed by atoms with Crippen LogP contribution < -0.4 is 4.90 Å².